The number of carbonyl (C=O) groups is 1. The van der Waals surface area contributed by atoms with Gasteiger partial charge in [-0.3, -0.25) is 4.79 Å². The molecular weight excluding hydrogens is 156 g/mol. The number of hydrogen-bond donors (Lipinski definition) is 1. The first-order valence-electron chi connectivity index (χ1n) is 3.93. The van der Waals surface area contributed by atoms with Crippen molar-refractivity contribution in [3.63, 3.8) is 0 Å². The minimum absolute atomic E-state index is 0.340. The van der Waals surface area contributed by atoms with Gasteiger partial charge in [-0.1, -0.05) is 0 Å². The molecule has 1 heterocycles. The Morgan fingerprint density at radius 2 is 2.58 bits per heavy atom. The molecule has 64 valence electrons. The summed E-state index contributed by atoms with van der Waals surface area (Å²) in [5.74, 6) is -1.08. The van der Waals surface area contributed by atoms with Crippen molar-refractivity contribution >= 4 is 5.97 Å². The number of carboxylic acid groups (broad SMARTS) is 1. The lowest BCUT2D eigenvalue weighted by Gasteiger charge is -2.05. The minimum atomic E-state index is -0.739. The summed E-state index contributed by atoms with van der Waals surface area (Å²) >= 11 is 0. The second kappa shape index (κ2) is 2.33. The van der Waals surface area contributed by atoms with Gasteiger partial charge < -0.3 is 9.67 Å². The molecule has 0 bridgehead atoms. The van der Waals surface area contributed by atoms with E-state index in [2.05, 4.69) is 4.98 Å². The number of carboxylic acids is 1. The molecule has 1 aromatic heterocycles. The summed E-state index contributed by atoms with van der Waals surface area (Å²) in [6.07, 6.45) is 3.18. The molecule has 0 spiro atoms. The van der Waals surface area contributed by atoms with Crippen LogP contribution < -0.4 is 0 Å². The maximum Gasteiger partial charge on any atom is 0.312 e. The van der Waals surface area contributed by atoms with Crippen LogP contribution in [0.2, 0.25) is 0 Å². The molecule has 1 aliphatic rings. The highest BCUT2D eigenvalue weighted by Gasteiger charge is 2.31. The van der Waals surface area contributed by atoms with Gasteiger partial charge in [-0.25, -0.2) is 4.98 Å². The van der Waals surface area contributed by atoms with Crippen LogP contribution in [0.4, 0.5) is 0 Å². The predicted molar refractivity (Wildman–Crippen MR) is 41.9 cm³/mol. The van der Waals surface area contributed by atoms with Gasteiger partial charge in [0.05, 0.1) is 23.6 Å². The molecule has 1 atom stereocenters. The van der Waals surface area contributed by atoms with Gasteiger partial charge in [0.15, 0.2) is 0 Å². The molecular formula is C8H10N2O2. The van der Waals surface area contributed by atoms with Crippen molar-refractivity contribution in [2.45, 2.75) is 18.8 Å². The van der Waals surface area contributed by atoms with E-state index >= 15 is 0 Å². The van der Waals surface area contributed by atoms with Gasteiger partial charge in [-0.15, -0.1) is 0 Å². The molecule has 0 amide bonds. The summed E-state index contributed by atoms with van der Waals surface area (Å²) < 4.78 is 1.81. The Bertz CT molecular complexity index is 330. The Hall–Kier alpha value is -1.32. The van der Waals surface area contributed by atoms with Crippen molar-refractivity contribution in [2.24, 2.45) is 7.05 Å². The monoisotopic (exact) mass is 166 g/mol. The zero-order chi connectivity index (χ0) is 8.72. The molecule has 4 nitrogen and oxygen atoms in total. The molecule has 4 heteroatoms. The van der Waals surface area contributed by atoms with Gasteiger partial charge in [0, 0.05) is 7.05 Å². The normalized spacial score (nSPS) is 20.9. The van der Waals surface area contributed by atoms with Crippen molar-refractivity contribution in [1.29, 1.82) is 0 Å². The molecule has 1 aromatic rings. The molecule has 0 radical (unpaired) electrons. The third kappa shape index (κ3) is 0.841. The first kappa shape index (κ1) is 7.34. The van der Waals surface area contributed by atoms with Crippen LogP contribution in [0.15, 0.2) is 6.33 Å². The van der Waals surface area contributed by atoms with E-state index in [0.29, 0.717) is 6.42 Å². The van der Waals surface area contributed by atoms with Crippen LogP contribution in [0.25, 0.3) is 0 Å². The molecule has 0 saturated carbocycles. The van der Waals surface area contributed by atoms with Crippen molar-refractivity contribution in [2.75, 3.05) is 0 Å². The second-order valence-electron chi connectivity index (χ2n) is 3.12. The predicted octanol–water partition coefficient (Wildman–Crippen LogP) is 0.534. The van der Waals surface area contributed by atoms with Gasteiger partial charge in [-0.05, 0) is 12.8 Å². The highest BCUT2D eigenvalue weighted by molar-refractivity contribution is 5.76. The first-order chi connectivity index (χ1) is 5.70. The number of nitrogens with zero attached hydrogens (tertiary/aromatic N) is 2. The number of imidazole rings is 1. The highest BCUT2D eigenvalue weighted by atomic mass is 16.4. The third-order valence-corrected chi connectivity index (χ3v) is 2.36. The topological polar surface area (TPSA) is 55.1 Å². The standard InChI is InChI=1S/C8H10N2O2/c1-10-4-9-6-3-2-5(7(6)10)8(11)12/h4-5H,2-3H2,1H3,(H,11,12). The van der Waals surface area contributed by atoms with Gasteiger partial charge in [0.25, 0.3) is 0 Å². The molecule has 1 N–H and O–H groups in total. The van der Waals surface area contributed by atoms with E-state index in [1.165, 1.54) is 0 Å². The van der Waals surface area contributed by atoms with Gasteiger partial charge in [0.1, 0.15) is 0 Å². The number of hydrogen-bond acceptors (Lipinski definition) is 2. The fourth-order valence-electron chi connectivity index (χ4n) is 1.79. The van der Waals surface area contributed by atoms with Crippen LogP contribution >= 0.6 is 0 Å². The highest BCUT2D eigenvalue weighted by Crippen LogP contribution is 2.31. The molecule has 12 heavy (non-hydrogen) atoms. The lowest BCUT2D eigenvalue weighted by molar-refractivity contribution is -0.138. The molecule has 1 aliphatic carbocycles. The average molecular weight is 166 g/mol. The number of aryl methyl sites for hydroxylation is 2. The minimum Gasteiger partial charge on any atom is -0.481 e. The lowest BCUT2D eigenvalue weighted by Crippen LogP contribution is -2.11. The summed E-state index contributed by atoms with van der Waals surface area (Å²) in [6.45, 7) is 0. The van der Waals surface area contributed by atoms with Crippen molar-refractivity contribution in [3.05, 3.63) is 17.7 Å². The van der Waals surface area contributed by atoms with E-state index in [1.54, 1.807) is 10.9 Å². The molecule has 0 fully saturated rings. The first-order valence-corrected chi connectivity index (χ1v) is 3.93. The van der Waals surface area contributed by atoms with E-state index in [-0.39, 0.29) is 5.92 Å². The Balaban J connectivity index is 2.46. The maximum atomic E-state index is 10.8. The number of aromatic nitrogens is 2. The number of fused-ring (bicyclic) bond motifs is 1. The molecule has 2 rings (SSSR count). The lowest BCUT2D eigenvalue weighted by atomic mass is 10.1. The summed E-state index contributed by atoms with van der Waals surface area (Å²) in [5, 5.41) is 8.86. The number of rotatable bonds is 1. The van der Waals surface area contributed by atoms with Crippen LogP contribution in [0.5, 0.6) is 0 Å². The summed E-state index contributed by atoms with van der Waals surface area (Å²) in [6, 6.07) is 0. The van der Waals surface area contributed by atoms with Crippen LogP contribution in [-0.2, 0) is 18.3 Å². The molecule has 0 aliphatic heterocycles. The summed E-state index contributed by atoms with van der Waals surface area (Å²) in [7, 11) is 1.84. The zero-order valence-corrected chi connectivity index (χ0v) is 6.82. The maximum absolute atomic E-state index is 10.8. The summed E-state index contributed by atoms with van der Waals surface area (Å²) in [4.78, 5) is 14.9. The van der Waals surface area contributed by atoms with E-state index in [1.807, 2.05) is 7.05 Å². The Kier molecular flexibility index (Phi) is 1.43. The van der Waals surface area contributed by atoms with Crippen molar-refractivity contribution in [1.82, 2.24) is 9.55 Å². The molecule has 0 aromatic carbocycles. The second-order valence-corrected chi connectivity index (χ2v) is 3.12. The van der Waals surface area contributed by atoms with Crippen molar-refractivity contribution in [3.8, 4) is 0 Å². The van der Waals surface area contributed by atoms with E-state index < -0.39 is 5.97 Å². The van der Waals surface area contributed by atoms with Gasteiger partial charge in [-0.2, -0.15) is 0 Å². The SMILES string of the molecule is Cn1cnc2c1C(C(=O)O)CC2. The van der Waals surface area contributed by atoms with E-state index in [4.69, 9.17) is 5.11 Å². The molecule has 0 saturated heterocycles. The van der Waals surface area contributed by atoms with Crippen LogP contribution in [0, 0.1) is 0 Å². The smallest absolute Gasteiger partial charge is 0.312 e. The summed E-state index contributed by atoms with van der Waals surface area (Å²) in [5.41, 5.74) is 1.83. The fraction of sp³-hybridized carbons (Fsp3) is 0.500. The van der Waals surface area contributed by atoms with Crippen LogP contribution in [0.3, 0.4) is 0 Å². The van der Waals surface area contributed by atoms with Gasteiger partial charge >= 0.3 is 5.97 Å². The van der Waals surface area contributed by atoms with Gasteiger partial charge in [0.2, 0.25) is 0 Å². The Labute approximate surface area is 69.8 Å². The molecule has 1 unspecified atom stereocenters. The van der Waals surface area contributed by atoms with Crippen LogP contribution in [0.1, 0.15) is 23.7 Å². The average Bonchev–Trinajstić information content (AvgIpc) is 2.53. The largest absolute Gasteiger partial charge is 0.481 e. The van der Waals surface area contributed by atoms with E-state index in [0.717, 1.165) is 17.8 Å². The van der Waals surface area contributed by atoms with Crippen molar-refractivity contribution < 1.29 is 9.90 Å². The van der Waals surface area contributed by atoms with E-state index in [9.17, 15) is 4.79 Å². The third-order valence-electron chi connectivity index (χ3n) is 2.36. The zero-order valence-electron chi connectivity index (χ0n) is 6.82. The Morgan fingerprint density at radius 1 is 1.83 bits per heavy atom. The number of aliphatic carboxylic acids is 1. The Morgan fingerprint density at radius 3 is 3.25 bits per heavy atom. The quantitative estimate of drug-likeness (QED) is 0.662. The fourth-order valence-corrected chi connectivity index (χ4v) is 1.79. The van der Waals surface area contributed by atoms with Crippen LogP contribution in [-0.4, -0.2) is 20.6 Å².